The molecule has 1 aromatic carbocycles. The van der Waals surface area contributed by atoms with E-state index in [1.807, 2.05) is 0 Å². The molecule has 1 aromatic rings. The van der Waals surface area contributed by atoms with Gasteiger partial charge in [-0.1, -0.05) is 6.07 Å². The van der Waals surface area contributed by atoms with E-state index in [9.17, 15) is 0 Å². The topological polar surface area (TPSA) is 36.9 Å². The number of ether oxygens (including phenoxy) is 2. The van der Waals surface area contributed by atoms with Gasteiger partial charge in [0.1, 0.15) is 5.75 Å². The van der Waals surface area contributed by atoms with E-state index < -0.39 is 0 Å². The van der Waals surface area contributed by atoms with E-state index in [0.29, 0.717) is 0 Å². The average molecular weight is 358 g/mol. The Morgan fingerprint density at radius 1 is 0.962 bits per heavy atom. The Bertz CT molecular complexity index is 648. The second-order valence-corrected chi connectivity index (χ2v) is 8.87. The van der Waals surface area contributed by atoms with E-state index in [4.69, 9.17) is 18.8 Å². The molecule has 0 radical (unpaired) electrons. The monoisotopic (exact) mass is 358 g/mol. The fourth-order valence-electron chi connectivity index (χ4n) is 4.02. The second-order valence-electron chi connectivity index (χ2n) is 8.87. The summed E-state index contributed by atoms with van der Waals surface area (Å²) >= 11 is 0. The largest absolute Gasteiger partial charge is 0.494 e. The number of rotatable bonds is 3. The molecule has 0 N–H and O–H groups in total. The van der Waals surface area contributed by atoms with Crippen molar-refractivity contribution in [1.29, 1.82) is 0 Å². The highest BCUT2D eigenvalue weighted by atomic mass is 16.7. The minimum Gasteiger partial charge on any atom is -0.465 e. The van der Waals surface area contributed by atoms with Crippen molar-refractivity contribution in [2.45, 2.75) is 90.1 Å². The van der Waals surface area contributed by atoms with Crippen molar-refractivity contribution >= 4 is 12.6 Å². The molecule has 1 unspecified atom stereocenters. The van der Waals surface area contributed by atoms with Crippen molar-refractivity contribution in [3.05, 3.63) is 23.3 Å². The summed E-state index contributed by atoms with van der Waals surface area (Å²) in [6.07, 6.45) is 7.80. The Hall–Kier alpha value is -1.04. The van der Waals surface area contributed by atoms with Gasteiger partial charge in [0.2, 0.25) is 0 Å². The number of hydrogen-bond acceptors (Lipinski definition) is 4. The summed E-state index contributed by atoms with van der Waals surface area (Å²) in [5.41, 5.74) is 3.14. The number of aryl methyl sites for hydroxylation is 1. The lowest BCUT2D eigenvalue weighted by molar-refractivity contribution is -0.106. The maximum atomic E-state index is 6.32. The van der Waals surface area contributed by atoms with Gasteiger partial charge in [0.25, 0.3) is 0 Å². The first-order valence-corrected chi connectivity index (χ1v) is 10.2. The molecule has 2 aliphatic heterocycles. The Labute approximate surface area is 157 Å². The molecule has 0 amide bonds. The van der Waals surface area contributed by atoms with E-state index in [2.05, 4.69) is 39.8 Å². The molecule has 2 fully saturated rings. The zero-order chi connectivity index (χ0) is 18.4. The molecule has 4 nitrogen and oxygen atoms in total. The molecule has 1 atom stereocenters. The van der Waals surface area contributed by atoms with E-state index in [-0.39, 0.29) is 24.6 Å². The maximum Gasteiger partial charge on any atom is 0.494 e. The Kier molecular flexibility index (Phi) is 4.83. The van der Waals surface area contributed by atoms with Gasteiger partial charge in [0.15, 0.2) is 6.29 Å². The summed E-state index contributed by atoms with van der Waals surface area (Å²) in [6.45, 7) is 9.18. The van der Waals surface area contributed by atoms with Crippen LogP contribution in [0.15, 0.2) is 12.1 Å². The van der Waals surface area contributed by atoms with Crippen LogP contribution in [0.2, 0.25) is 0 Å². The summed E-state index contributed by atoms with van der Waals surface area (Å²) in [6, 6.07) is 4.40. The minimum absolute atomic E-state index is 0.122. The lowest BCUT2D eigenvalue weighted by Crippen LogP contribution is -2.41. The smallest absolute Gasteiger partial charge is 0.465 e. The molecule has 142 valence electrons. The third kappa shape index (κ3) is 3.41. The second kappa shape index (κ2) is 6.85. The van der Waals surface area contributed by atoms with Crippen molar-refractivity contribution in [1.82, 2.24) is 0 Å². The number of fused-ring (bicyclic) bond motifs is 1. The Morgan fingerprint density at radius 2 is 1.69 bits per heavy atom. The van der Waals surface area contributed by atoms with Gasteiger partial charge in [-0.3, -0.25) is 0 Å². The third-order valence-electron chi connectivity index (χ3n) is 6.37. The van der Waals surface area contributed by atoms with E-state index in [1.165, 1.54) is 30.4 Å². The fourth-order valence-corrected chi connectivity index (χ4v) is 4.02. The molecule has 4 rings (SSSR count). The molecular formula is C21H31BO4. The first-order chi connectivity index (χ1) is 12.4. The molecule has 0 spiro atoms. The zero-order valence-electron chi connectivity index (χ0n) is 16.6. The van der Waals surface area contributed by atoms with Crippen molar-refractivity contribution in [2.75, 3.05) is 6.61 Å². The highest BCUT2D eigenvalue weighted by molar-refractivity contribution is 6.62. The molecule has 3 aliphatic rings. The summed E-state index contributed by atoms with van der Waals surface area (Å²) < 4.78 is 24.7. The van der Waals surface area contributed by atoms with Gasteiger partial charge in [-0.05, 0) is 88.9 Å². The van der Waals surface area contributed by atoms with Crippen molar-refractivity contribution < 1.29 is 18.8 Å². The van der Waals surface area contributed by atoms with Crippen LogP contribution in [0.1, 0.15) is 70.9 Å². The summed E-state index contributed by atoms with van der Waals surface area (Å²) in [4.78, 5) is 0. The van der Waals surface area contributed by atoms with Crippen LogP contribution in [-0.2, 0) is 26.9 Å². The lowest BCUT2D eigenvalue weighted by atomic mass is 9.75. The quantitative estimate of drug-likeness (QED) is 0.771. The van der Waals surface area contributed by atoms with Crippen molar-refractivity contribution in [2.24, 2.45) is 0 Å². The summed E-state index contributed by atoms with van der Waals surface area (Å²) in [7, 11) is -0.346. The summed E-state index contributed by atoms with van der Waals surface area (Å²) in [5.74, 6) is 0.971. The van der Waals surface area contributed by atoms with E-state index in [1.54, 1.807) is 0 Å². The number of hydrogen-bond donors (Lipinski definition) is 0. The van der Waals surface area contributed by atoms with Gasteiger partial charge < -0.3 is 18.8 Å². The maximum absolute atomic E-state index is 6.32. The molecule has 0 bridgehead atoms. The molecule has 1 aliphatic carbocycles. The highest BCUT2D eigenvalue weighted by Gasteiger charge is 2.52. The third-order valence-corrected chi connectivity index (χ3v) is 6.37. The molecule has 0 saturated carbocycles. The molecule has 0 aromatic heterocycles. The van der Waals surface area contributed by atoms with Crippen LogP contribution in [-0.4, -0.2) is 31.2 Å². The summed E-state index contributed by atoms with van der Waals surface area (Å²) in [5, 5.41) is 0. The van der Waals surface area contributed by atoms with Crippen LogP contribution in [0, 0.1) is 0 Å². The first-order valence-electron chi connectivity index (χ1n) is 10.2. The van der Waals surface area contributed by atoms with Crippen molar-refractivity contribution in [3.8, 4) is 5.75 Å². The van der Waals surface area contributed by atoms with Gasteiger partial charge in [-0.25, -0.2) is 0 Å². The highest BCUT2D eigenvalue weighted by Crippen LogP contribution is 2.38. The standard InChI is InChI=1S/C21H31BO4/c1-20(2)21(3,4)26-22(25-20)16-13-15-9-5-6-10-17(15)18(14-16)24-19-11-7-8-12-23-19/h13-14,19H,5-12H2,1-4H3. The van der Waals surface area contributed by atoms with Gasteiger partial charge in [-0.2, -0.15) is 0 Å². The predicted molar refractivity (Wildman–Crippen MR) is 103 cm³/mol. The SMILES string of the molecule is CC1(C)OB(c2cc3c(c(OC4CCCCO4)c2)CCCC3)OC1(C)C. The number of benzene rings is 1. The van der Waals surface area contributed by atoms with Gasteiger partial charge >= 0.3 is 7.12 Å². The van der Waals surface area contributed by atoms with Crippen molar-refractivity contribution in [3.63, 3.8) is 0 Å². The minimum atomic E-state index is -0.346. The Morgan fingerprint density at radius 3 is 2.38 bits per heavy atom. The molecule has 2 heterocycles. The molecular weight excluding hydrogens is 327 g/mol. The Balaban J connectivity index is 1.64. The normalized spacial score (nSPS) is 27.2. The van der Waals surface area contributed by atoms with Crippen LogP contribution in [0.3, 0.4) is 0 Å². The van der Waals surface area contributed by atoms with E-state index >= 15 is 0 Å². The van der Waals surface area contributed by atoms with Crippen LogP contribution in [0.25, 0.3) is 0 Å². The van der Waals surface area contributed by atoms with Gasteiger partial charge in [-0.15, -0.1) is 0 Å². The lowest BCUT2D eigenvalue weighted by Gasteiger charge is -2.32. The van der Waals surface area contributed by atoms with Crippen LogP contribution < -0.4 is 10.2 Å². The van der Waals surface area contributed by atoms with Crippen LogP contribution in [0.4, 0.5) is 0 Å². The van der Waals surface area contributed by atoms with E-state index in [0.717, 1.165) is 43.5 Å². The zero-order valence-corrected chi connectivity index (χ0v) is 16.6. The van der Waals surface area contributed by atoms with Gasteiger partial charge in [0, 0.05) is 6.42 Å². The first kappa shape index (κ1) is 18.3. The average Bonchev–Trinajstić information content (AvgIpc) is 2.83. The molecule has 5 heteroatoms. The molecule has 26 heavy (non-hydrogen) atoms. The van der Waals surface area contributed by atoms with Crippen LogP contribution >= 0.6 is 0 Å². The van der Waals surface area contributed by atoms with Gasteiger partial charge in [0.05, 0.1) is 17.8 Å². The predicted octanol–water partition coefficient (Wildman–Crippen LogP) is 3.77. The fraction of sp³-hybridized carbons (Fsp3) is 0.714. The molecule has 2 saturated heterocycles. The van der Waals surface area contributed by atoms with Crippen LogP contribution in [0.5, 0.6) is 5.75 Å².